The normalized spacial score (nSPS) is 29.7. The van der Waals surface area contributed by atoms with Gasteiger partial charge >= 0.3 is 0 Å². The average Bonchev–Trinajstić information content (AvgIpc) is 2.44. The van der Waals surface area contributed by atoms with Gasteiger partial charge in [-0.15, -0.1) is 0 Å². The molecule has 15 heavy (non-hydrogen) atoms. The molecule has 0 N–H and O–H groups in total. The predicted octanol–water partition coefficient (Wildman–Crippen LogP) is 3.23. The van der Waals surface area contributed by atoms with Crippen molar-refractivity contribution in [1.29, 1.82) is 0 Å². The van der Waals surface area contributed by atoms with E-state index in [0.29, 0.717) is 17.3 Å². The van der Waals surface area contributed by atoms with Crippen molar-refractivity contribution in [2.45, 2.75) is 39.9 Å². The minimum absolute atomic E-state index is 0.0894. The van der Waals surface area contributed by atoms with Crippen LogP contribution in [0.3, 0.4) is 0 Å². The first kappa shape index (κ1) is 12.7. The quantitative estimate of drug-likeness (QED) is 0.526. The Labute approximate surface area is 93.7 Å². The second-order valence-corrected chi connectivity index (χ2v) is 5.53. The lowest BCUT2D eigenvalue weighted by Gasteiger charge is -2.26. The van der Waals surface area contributed by atoms with Gasteiger partial charge in [0.15, 0.2) is 6.29 Å². The van der Waals surface area contributed by atoms with Gasteiger partial charge in [-0.1, -0.05) is 26.0 Å². The van der Waals surface area contributed by atoms with Gasteiger partial charge in [0.25, 0.3) is 0 Å². The monoisotopic (exact) mass is 212 g/mol. The number of methoxy groups -OCH3 is 2. The molecule has 1 saturated carbocycles. The number of ether oxygens (including phenoxy) is 2. The molecule has 0 aromatic heterocycles. The van der Waals surface area contributed by atoms with E-state index in [9.17, 15) is 0 Å². The second-order valence-electron chi connectivity index (χ2n) is 5.53. The fourth-order valence-corrected chi connectivity index (χ4v) is 2.88. The molecule has 0 bridgehead atoms. The van der Waals surface area contributed by atoms with Crippen LogP contribution in [-0.4, -0.2) is 20.5 Å². The lowest BCUT2D eigenvalue weighted by molar-refractivity contribution is -0.143. The molecule has 1 aliphatic carbocycles. The molecule has 1 aliphatic rings. The Balaban J connectivity index is 2.81. The van der Waals surface area contributed by atoms with Crippen molar-refractivity contribution in [3.63, 3.8) is 0 Å². The van der Waals surface area contributed by atoms with Crippen LogP contribution in [0.15, 0.2) is 12.2 Å². The molecule has 2 heteroatoms. The van der Waals surface area contributed by atoms with Crippen LogP contribution in [0.2, 0.25) is 0 Å². The van der Waals surface area contributed by atoms with E-state index in [1.54, 1.807) is 14.2 Å². The highest BCUT2D eigenvalue weighted by Crippen LogP contribution is 2.49. The summed E-state index contributed by atoms with van der Waals surface area (Å²) in [5, 5.41) is 0. The molecule has 1 rings (SSSR count). The van der Waals surface area contributed by atoms with Gasteiger partial charge in [0, 0.05) is 20.1 Å². The largest absolute Gasteiger partial charge is 0.356 e. The Morgan fingerprint density at radius 2 is 1.80 bits per heavy atom. The van der Waals surface area contributed by atoms with Gasteiger partial charge in [0.05, 0.1) is 0 Å². The van der Waals surface area contributed by atoms with Crippen LogP contribution in [0.1, 0.15) is 33.6 Å². The van der Waals surface area contributed by atoms with Gasteiger partial charge in [-0.2, -0.15) is 0 Å². The van der Waals surface area contributed by atoms with E-state index >= 15 is 0 Å². The van der Waals surface area contributed by atoms with E-state index in [-0.39, 0.29) is 6.29 Å². The van der Waals surface area contributed by atoms with E-state index in [1.807, 2.05) is 0 Å². The molecule has 0 unspecified atom stereocenters. The maximum atomic E-state index is 5.39. The third-order valence-electron chi connectivity index (χ3n) is 3.52. The fourth-order valence-electron chi connectivity index (χ4n) is 2.88. The number of hydrogen-bond acceptors (Lipinski definition) is 2. The van der Waals surface area contributed by atoms with E-state index in [0.717, 1.165) is 6.42 Å². The maximum absolute atomic E-state index is 5.39. The van der Waals surface area contributed by atoms with Crippen LogP contribution in [0.4, 0.5) is 0 Å². The Bertz CT molecular complexity index is 229. The Kier molecular flexibility index (Phi) is 3.96. The molecule has 0 aliphatic heterocycles. The van der Waals surface area contributed by atoms with Gasteiger partial charge in [-0.25, -0.2) is 0 Å². The highest BCUT2D eigenvalue weighted by molar-refractivity contribution is 5.06. The molecule has 0 aromatic carbocycles. The van der Waals surface area contributed by atoms with Crippen molar-refractivity contribution in [2.24, 2.45) is 17.3 Å². The minimum Gasteiger partial charge on any atom is -0.356 e. The summed E-state index contributed by atoms with van der Waals surface area (Å²) in [7, 11) is 3.43. The zero-order chi connectivity index (χ0) is 11.6. The predicted molar refractivity (Wildman–Crippen MR) is 62.6 cm³/mol. The first-order valence-corrected chi connectivity index (χ1v) is 5.62. The summed E-state index contributed by atoms with van der Waals surface area (Å²) in [5.41, 5.74) is 1.63. The topological polar surface area (TPSA) is 18.5 Å². The first-order chi connectivity index (χ1) is 6.91. The summed E-state index contributed by atoms with van der Waals surface area (Å²) in [6.07, 6.45) is 2.25. The molecule has 1 fully saturated rings. The summed E-state index contributed by atoms with van der Waals surface area (Å²) in [5.74, 6) is 0.984. The van der Waals surface area contributed by atoms with Crippen LogP contribution in [-0.2, 0) is 9.47 Å². The van der Waals surface area contributed by atoms with Gasteiger partial charge < -0.3 is 9.47 Å². The van der Waals surface area contributed by atoms with Gasteiger partial charge in [-0.05, 0) is 31.1 Å². The lowest BCUT2D eigenvalue weighted by Crippen LogP contribution is -2.28. The summed E-state index contributed by atoms with van der Waals surface area (Å²) >= 11 is 0. The van der Waals surface area contributed by atoms with Crippen LogP contribution >= 0.6 is 0 Å². The Morgan fingerprint density at radius 3 is 2.20 bits per heavy atom. The third-order valence-corrected chi connectivity index (χ3v) is 3.52. The molecule has 0 heterocycles. The van der Waals surface area contributed by atoms with Crippen molar-refractivity contribution >= 4 is 0 Å². The van der Waals surface area contributed by atoms with Crippen LogP contribution in [0, 0.1) is 17.3 Å². The summed E-state index contributed by atoms with van der Waals surface area (Å²) in [4.78, 5) is 0. The fraction of sp³-hybridized carbons (Fsp3) is 0.846. The molecular formula is C13H24O2. The standard InChI is InChI=1S/C13H24O2/c1-9(2)10-7-13(3,4)8-11(10)12(14-5)15-6/h10-12H,1,7-8H2,2-6H3/t10-,11-/m1/s1. The van der Waals surface area contributed by atoms with Crippen molar-refractivity contribution in [3.05, 3.63) is 12.2 Å². The van der Waals surface area contributed by atoms with E-state index in [4.69, 9.17) is 9.47 Å². The molecule has 0 aromatic rings. The summed E-state index contributed by atoms with van der Waals surface area (Å²) in [6, 6.07) is 0. The van der Waals surface area contributed by atoms with Gasteiger partial charge in [-0.3, -0.25) is 0 Å². The minimum atomic E-state index is -0.0894. The summed E-state index contributed by atoms with van der Waals surface area (Å²) in [6.45, 7) is 10.8. The zero-order valence-corrected chi connectivity index (χ0v) is 10.7. The van der Waals surface area contributed by atoms with E-state index in [2.05, 4.69) is 27.4 Å². The van der Waals surface area contributed by atoms with Gasteiger partial charge in [0.2, 0.25) is 0 Å². The van der Waals surface area contributed by atoms with E-state index < -0.39 is 0 Å². The molecule has 88 valence electrons. The Hall–Kier alpha value is -0.340. The highest BCUT2D eigenvalue weighted by Gasteiger charge is 2.43. The smallest absolute Gasteiger partial charge is 0.160 e. The van der Waals surface area contributed by atoms with Crippen molar-refractivity contribution in [1.82, 2.24) is 0 Å². The molecule has 2 atom stereocenters. The van der Waals surface area contributed by atoms with Crippen molar-refractivity contribution in [3.8, 4) is 0 Å². The summed E-state index contributed by atoms with van der Waals surface area (Å²) < 4.78 is 10.8. The molecule has 0 saturated heterocycles. The zero-order valence-electron chi connectivity index (χ0n) is 10.7. The van der Waals surface area contributed by atoms with E-state index in [1.165, 1.54) is 12.0 Å². The molecule has 2 nitrogen and oxygen atoms in total. The molecule has 0 radical (unpaired) electrons. The molecular weight excluding hydrogens is 188 g/mol. The van der Waals surface area contributed by atoms with Crippen LogP contribution in [0.5, 0.6) is 0 Å². The molecule has 0 spiro atoms. The van der Waals surface area contributed by atoms with Crippen LogP contribution in [0.25, 0.3) is 0 Å². The van der Waals surface area contributed by atoms with Gasteiger partial charge in [0.1, 0.15) is 0 Å². The van der Waals surface area contributed by atoms with Crippen molar-refractivity contribution < 1.29 is 9.47 Å². The third kappa shape index (κ3) is 2.82. The lowest BCUT2D eigenvalue weighted by atomic mass is 9.89. The first-order valence-electron chi connectivity index (χ1n) is 5.62. The number of hydrogen-bond donors (Lipinski definition) is 0. The average molecular weight is 212 g/mol. The van der Waals surface area contributed by atoms with Crippen LogP contribution < -0.4 is 0 Å². The Morgan fingerprint density at radius 1 is 1.27 bits per heavy atom. The maximum Gasteiger partial charge on any atom is 0.160 e. The second kappa shape index (κ2) is 4.67. The van der Waals surface area contributed by atoms with Crippen molar-refractivity contribution in [2.75, 3.05) is 14.2 Å². The molecule has 0 amide bonds. The number of allylic oxidation sites excluding steroid dienone is 1. The highest BCUT2D eigenvalue weighted by atomic mass is 16.7. The number of rotatable bonds is 4. The SMILES string of the molecule is C=C(C)[C@H]1CC(C)(C)C[C@H]1C(OC)OC.